The Kier molecular flexibility index (Phi) is 5.91. The number of nitrogens with one attached hydrogen (secondary N) is 1. The summed E-state index contributed by atoms with van der Waals surface area (Å²) in [7, 11) is -2.05. The highest BCUT2D eigenvalue weighted by molar-refractivity contribution is 7.89. The molecule has 3 aromatic rings. The summed E-state index contributed by atoms with van der Waals surface area (Å²) >= 11 is 0. The molecule has 2 aromatic carbocycles. The number of sulfonamides is 1. The van der Waals surface area contributed by atoms with Crippen LogP contribution in [0.5, 0.6) is 0 Å². The van der Waals surface area contributed by atoms with Crippen LogP contribution in [-0.2, 0) is 21.8 Å². The van der Waals surface area contributed by atoms with Gasteiger partial charge in [0.1, 0.15) is 11.9 Å². The van der Waals surface area contributed by atoms with Crippen molar-refractivity contribution < 1.29 is 17.9 Å². The lowest BCUT2D eigenvalue weighted by Gasteiger charge is -2.19. The Balaban J connectivity index is 1.92. The molecule has 0 radical (unpaired) electrons. The maximum absolute atomic E-state index is 13.0. The number of aromatic nitrogens is 2. The molecule has 0 amide bonds. The Morgan fingerprint density at radius 3 is 2.39 bits per heavy atom. The van der Waals surface area contributed by atoms with Gasteiger partial charge in [0.05, 0.1) is 17.1 Å². The molecular weight excluding hydrogens is 378 g/mol. The van der Waals surface area contributed by atoms with Crippen LogP contribution >= 0.6 is 0 Å². The van der Waals surface area contributed by atoms with Crippen LogP contribution in [0.25, 0.3) is 0 Å². The first-order chi connectivity index (χ1) is 13.4. The Labute approximate surface area is 164 Å². The van der Waals surface area contributed by atoms with E-state index in [-0.39, 0.29) is 11.5 Å². The van der Waals surface area contributed by atoms with Crippen LogP contribution in [0.3, 0.4) is 0 Å². The summed E-state index contributed by atoms with van der Waals surface area (Å²) < 4.78 is 35.3. The number of ether oxygens (including phenoxy) is 1. The second-order valence-corrected chi connectivity index (χ2v) is 7.82. The van der Waals surface area contributed by atoms with E-state index in [1.54, 1.807) is 30.9 Å². The zero-order valence-electron chi connectivity index (χ0n) is 15.6. The third-order valence-electron chi connectivity index (χ3n) is 4.20. The fourth-order valence-corrected chi connectivity index (χ4v) is 3.96. The van der Waals surface area contributed by atoms with Crippen molar-refractivity contribution in [2.45, 2.75) is 17.9 Å². The van der Waals surface area contributed by atoms with Crippen LogP contribution in [0.4, 0.5) is 0 Å². The van der Waals surface area contributed by atoms with Gasteiger partial charge in [-0.1, -0.05) is 30.3 Å². The largest absolute Gasteiger partial charge is 0.462 e. The summed E-state index contributed by atoms with van der Waals surface area (Å²) in [4.78, 5) is 16.1. The van der Waals surface area contributed by atoms with Gasteiger partial charge in [-0.15, -0.1) is 0 Å². The average Bonchev–Trinajstić information content (AvgIpc) is 3.13. The molecule has 8 heteroatoms. The van der Waals surface area contributed by atoms with E-state index in [1.165, 1.54) is 24.3 Å². The van der Waals surface area contributed by atoms with E-state index in [0.29, 0.717) is 11.4 Å². The van der Waals surface area contributed by atoms with E-state index in [4.69, 9.17) is 4.74 Å². The minimum absolute atomic E-state index is 0.0516. The zero-order chi connectivity index (χ0) is 20.1. The molecule has 0 aliphatic heterocycles. The molecule has 0 bridgehead atoms. The smallest absolute Gasteiger partial charge is 0.338 e. The zero-order valence-corrected chi connectivity index (χ0v) is 16.4. The molecule has 3 rings (SSSR count). The van der Waals surface area contributed by atoms with Crippen LogP contribution in [0, 0.1) is 0 Å². The lowest BCUT2D eigenvalue weighted by atomic mass is 10.1. The quantitative estimate of drug-likeness (QED) is 0.617. The fourth-order valence-electron chi connectivity index (χ4n) is 2.78. The number of hydrogen-bond donors (Lipinski definition) is 1. The predicted octanol–water partition coefficient (Wildman–Crippen LogP) is 2.66. The highest BCUT2D eigenvalue weighted by Gasteiger charge is 2.25. The first-order valence-corrected chi connectivity index (χ1v) is 10.2. The second-order valence-electron chi connectivity index (χ2n) is 6.11. The molecule has 0 fully saturated rings. The molecule has 1 atom stereocenters. The predicted molar refractivity (Wildman–Crippen MR) is 104 cm³/mol. The minimum Gasteiger partial charge on any atom is -0.462 e. The number of carbonyl (C=O) groups excluding carboxylic acids is 1. The number of rotatable bonds is 7. The molecule has 0 saturated carbocycles. The van der Waals surface area contributed by atoms with Crippen molar-refractivity contribution >= 4 is 16.0 Å². The van der Waals surface area contributed by atoms with E-state index in [1.807, 2.05) is 30.3 Å². The van der Waals surface area contributed by atoms with Crippen LogP contribution in [0.1, 0.15) is 34.7 Å². The average molecular weight is 399 g/mol. The molecule has 1 aromatic heterocycles. The van der Waals surface area contributed by atoms with Crippen LogP contribution in [0.15, 0.2) is 71.9 Å². The van der Waals surface area contributed by atoms with E-state index in [9.17, 15) is 13.2 Å². The van der Waals surface area contributed by atoms with Gasteiger partial charge in [0, 0.05) is 19.4 Å². The van der Waals surface area contributed by atoms with Crippen molar-refractivity contribution in [2.24, 2.45) is 7.05 Å². The number of hydrogen-bond acceptors (Lipinski definition) is 5. The van der Waals surface area contributed by atoms with Crippen molar-refractivity contribution in [1.82, 2.24) is 14.3 Å². The summed E-state index contributed by atoms with van der Waals surface area (Å²) in [5.74, 6) is 0.0764. The third-order valence-corrected chi connectivity index (χ3v) is 5.64. The molecule has 1 N–H and O–H groups in total. The van der Waals surface area contributed by atoms with Gasteiger partial charge in [-0.3, -0.25) is 0 Å². The van der Waals surface area contributed by atoms with Gasteiger partial charge in [-0.25, -0.2) is 18.2 Å². The summed E-state index contributed by atoms with van der Waals surface area (Å²) in [6.07, 6.45) is 3.38. The van der Waals surface area contributed by atoms with Crippen LogP contribution in [-0.4, -0.2) is 30.5 Å². The number of carbonyl (C=O) groups is 1. The number of esters is 1. The normalized spacial score (nSPS) is 12.5. The van der Waals surface area contributed by atoms with Gasteiger partial charge >= 0.3 is 5.97 Å². The number of aryl methyl sites for hydroxylation is 1. The summed E-state index contributed by atoms with van der Waals surface area (Å²) in [6.45, 7) is 1.96. The van der Waals surface area contributed by atoms with Gasteiger partial charge in [0.25, 0.3) is 0 Å². The lowest BCUT2D eigenvalue weighted by Crippen LogP contribution is -2.31. The van der Waals surface area contributed by atoms with Gasteiger partial charge in [-0.2, -0.15) is 4.72 Å². The Hall–Kier alpha value is -2.97. The first-order valence-electron chi connectivity index (χ1n) is 8.74. The molecule has 1 unspecified atom stereocenters. The van der Waals surface area contributed by atoms with Crippen molar-refractivity contribution in [1.29, 1.82) is 0 Å². The van der Waals surface area contributed by atoms with E-state index < -0.39 is 22.0 Å². The minimum atomic E-state index is -3.86. The molecule has 1 heterocycles. The second kappa shape index (κ2) is 8.37. The van der Waals surface area contributed by atoms with Crippen LogP contribution < -0.4 is 4.72 Å². The molecule has 146 valence electrons. The highest BCUT2D eigenvalue weighted by atomic mass is 32.2. The maximum atomic E-state index is 13.0. The van der Waals surface area contributed by atoms with Crippen molar-refractivity contribution in [2.75, 3.05) is 6.61 Å². The number of imidazole rings is 1. The van der Waals surface area contributed by atoms with Gasteiger partial charge in [0.2, 0.25) is 10.0 Å². The Morgan fingerprint density at radius 2 is 1.82 bits per heavy atom. The van der Waals surface area contributed by atoms with Crippen molar-refractivity contribution in [3.05, 3.63) is 83.9 Å². The van der Waals surface area contributed by atoms with E-state index in [2.05, 4.69) is 9.71 Å². The summed E-state index contributed by atoms with van der Waals surface area (Å²) in [6, 6.07) is 14.2. The van der Waals surface area contributed by atoms with E-state index >= 15 is 0 Å². The highest BCUT2D eigenvalue weighted by Crippen LogP contribution is 2.23. The van der Waals surface area contributed by atoms with Crippen LogP contribution in [0.2, 0.25) is 0 Å². The molecule has 0 aliphatic carbocycles. The molecule has 28 heavy (non-hydrogen) atoms. The van der Waals surface area contributed by atoms with Gasteiger partial charge in [-0.05, 0) is 36.8 Å². The molecule has 7 nitrogen and oxygen atoms in total. The molecular formula is C20H21N3O4S. The third kappa shape index (κ3) is 4.29. The molecule has 0 spiro atoms. The molecule has 0 aliphatic rings. The SMILES string of the molecule is CCOC(=O)c1ccc(S(=O)(=O)NC(c2ccccc2)c2nccn2C)cc1. The van der Waals surface area contributed by atoms with E-state index in [0.717, 1.165) is 5.56 Å². The topological polar surface area (TPSA) is 90.3 Å². The summed E-state index contributed by atoms with van der Waals surface area (Å²) in [5.41, 5.74) is 1.06. The fraction of sp³-hybridized carbons (Fsp3) is 0.200. The number of benzene rings is 2. The Morgan fingerprint density at radius 1 is 1.14 bits per heavy atom. The number of nitrogens with zero attached hydrogens (tertiary/aromatic N) is 2. The van der Waals surface area contributed by atoms with Gasteiger partial charge in [0.15, 0.2) is 0 Å². The Bertz CT molecular complexity index is 1040. The van der Waals surface area contributed by atoms with Gasteiger partial charge < -0.3 is 9.30 Å². The lowest BCUT2D eigenvalue weighted by molar-refractivity contribution is 0.0526. The monoisotopic (exact) mass is 399 g/mol. The maximum Gasteiger partial charge on any atom is 0.338 e. The van der Waals surface area contributed by atoms with Crippen molar-refractivity contribution in [3.63, 3.8) is 0 Å². The standard InChI is InChI=1S/C20H21N3O4S/c1-3-27-20(24)16-9-11-17(12-10-16)28(25,26)22-18(15-7-5-4-6-8-15)19-21-13-14-23(19)2/h4-14,18,22H,3H2,1-2H3. The summed E-state index contributed by atoms with van der Waals surface area (Å²) in [5, 5.41) is 0. The first kappa shape index (κ1) is 19.8. The van der Waals surface area contributed by atoms with Crippen molar-refractivity contribution in [3.8, 4) is 0 Å². The molecule has 0 saturated heterocycles.